The van der Waals surface area contributed by atoms with Gasteiger partial charge < -0.3 is 5.32 Å². The van der Waals surface area contributed by atoms with Crippen LogP contribution in [0.3, 0.4) is 0 Å². The zero-order valence-electron chi connectivity index (χ0n) is 9.41. The molecule has 1 atom stereocenters. The molecular formula is C13H13ClFNS. The van der Waals surface area contributed by atoms with Crippen molar-refractivity contribution in [2.45, 2.75) is 19.5 Å². The van der Waals surface area contributed by atoms with E-state index in [-0.39, 0.29) is 11.9 Å². The summed E-state index contributed by atoms with van der Waals surface area (Å²) >= 11 is 7.43. The fourth-order valence-electron chi connectivity index (χ4n) is 1.57. The Balaban J connectivity index is 1.93. The molecule has 1 N–H and O–H groups in total. The molecule has 17 heavy (non-hydrogen) atoms. The first-order valence-electron chi connectivity index (χ1n) is 5.38. The van der Waals surface area contributed by atoms with Crippen LogP contribution in [-0.2, 0) is 6.54 Å². The quantitative estimate of drug-likeness (QED) is 0.868. The van der Waals surface area contributed by atoms with Gasteiger partial charge in [0.15, 0.2) is 0 Å². The van der Waals surface area contributed by atoms with E-state index in [0.717, 1.165) is 16.4 Å². The van der Waals surface area contributed by atoms with E-state index in [1.165, 1.54) is 17.0 Å². The molecule has 0 unspecified atom stereocenters. The topological polar surface area (TPSA) is 12.0 Å². The Hall–Kier alpha value is -0.900. The second kappa shape index (κ2) is 5.63. The summed E-state index contributed by atoms with van der Waals surface area (Å²) in [4.78, 5) is 1.20. The third-order valence-corrected chi connectivity index (χ3v) is 3.81. The van der Waals surface area contributed by atoms with Crippen molar-refractivity contribution in [3.63, 3.8) is 0 Å². The molecule has 90 valence electrons. The minimum Gasteiger partial charge on any atom is -0.305 e. The van der Waals surface area contributed by atoms with Gasteiger partial charge in [0.05, 0.1) is 4.34 Å². The Bertz CT molecular complexity index is 480. The van der Waals surface area contributed by atoms with Crippen LogP contribution >= 0.6 is 22.9 Å². The second-order valence-corrected chi connectivity index (χ2v) is 5.66. The van der Waals surface area contributed by atoms with E-state index in [2.05, 4.69) is 12.2 Å². The Morgan fingerprint density at radius 2 is 1.94 bits per heavy atom. The standard InChI is InChI=1S/C13H13ClFNS/c1-9(10-2-4-11(15)5-3-10)16-8-12-6-7-13(14)17-12/h2-7,9,16H,8H2,1H3/t9-/m0/s1. The molecule has 0 radical (unpaired) electrons. The normalized spacial score (nSPS) is 12.6. The summed E-state index contributed by atoms with van der Waals surface area (Å²) in [5.74, 6) is -0.203. The molecule has 1 aromatic heterocycles. The fraction of sp³-hybridized carbons (Fsp3) is 0.231. The largest absolute Gasteiger partial charge is 0.305 e. The Morgan fingerprint density at radius 3 is 2.53 bits per heavy atom. The average molecular weight is 270 g/mol. The van der Waals surface area contributed by atoms with Crippen LogP contribution < -0.4 is 5.32 Å². The molecule has 0 amide bonds. The number of halogens is 2. The first-order valence-corrected chi connectivity index (χ1v) is 6.57. The van der Waals surface area contributed by atoms with Gasteiger partial charge in [0.25, 0.3) is 0 Å². The van der Waals surface area contributed by atoms with E-state index in [4.69, 9.17) is 11.6 Å². The molecule has 0 aliphatic heterocycles. The van der Waals surface area contributed by atoms with E-state index in [1.807, 2.05) is 12.1 Å². The zero-order valence-corrected chi connectivity index (χ0v) is 11.0. The van der Waals surface area contributed by atoms with Gasteiger partial charge in [0.2, 0.25) is 0 Å². The van der Waals surface area contributed by atoms with Crippen LogP contribution in [0.15, 0.2) is 36.4 Å². The van der Waals surface area contributed by atoms with Crippen LogP contribution in [0, 0.1) is 5.82 Å². The minimum atomic E-state index is -0.203. The van der Waals surface area contributed by atoms with Crippen molar-refractivity contribution in [1.82, 2.24) is 5.32 Å². The molecule has 1 aromatic carbocycles. The van der Waals surface area contributed by atoms with Gasteiger partial charge in [-0.15, -0.1) is 11.3 Å². The van der Waals surface area contributed by atoms with E-state index in [0.29, 0.717) is 0 Å². The van der Waals surface area contributed by atoms with Crippen molar-refractivity contribution >= 4 is 22.9 Å². The van der Waals surface area contributed by atoms with Gasteiger partial charge in [-0.3, -0.25) is 0 Å². The average Bonchev–Trinajstić information content (AvgIpc) is 2.73. The summed E-state index contributed by atoms with van der Waals surface area (Å²) < 4.78 is 13.6. The maximum Gasteiger partial charge on any atom is 0.123 e. The maximum absolute atomic E-state index is 12.8. The molecule has 2 aromatic rings. The lowest BCUT2D eigenvalue weighted by Crippen LogP contribution is -2.17. The van der Waals surface area contributed by atoms with Crippen molar-refractivity contribution in [1.29, 1.82) is 0 Å². The van der Waals surface area contributed by atoms with Gasteiger partial charge in [0.1, 0.15) is 5.82 Å². The molecule has 0 bridgehead atoms. The number of rotatable bonds is 4. The van der Waals surface area contributed by atoms with Crippen molar-refractivity contribution in [2.75, 3.05) is 0 Å². The predicted octanol–water partition coefficient (Wildman–Crippen LogP) is 4.39. The number of hydrogen-bond donors (Lipinski definition) is 1. The monoisotopic (exact) mass is 269 g/mol. The second-order valence-electron chi connectivity index (χ2n) is 3.86. The van der Waals surface area contributed by atoms with Crippen LogP contribution in [0.25, 0.3) is 0 Å². The van der Waals surface area contributed by atoms with Gasteiger partial charge in [0, 0.05) is 17.5 Å². The SMILES string of the molecule is C[C@H](NCc1ccc(Cl)s1)c1ccc(F)cc1. The van der Waals surface area contributed by atoms with Gasteiger partial charge >= 0.3 is 0 Å². The molecule has 1 nitrogen and oxygen atoms in total. The lowest BCUT2D eigenvalue weighted by atomic mass is 10.1. The van der Waals surface area contributed by atoms with Crippen LogP contribution in [0.4, 0.5) is 4.39 Å². The summed E-state index contributed by atoms with van der Waals surface area (Å²) in [7, 11) is 0. The third-order valence-electron chi connectivity index (χ3n) is 2.58. The summed E-state index contributed by atoms with van der Waals surface area (Å²) in [5, 5.41) is 3.38. The highest BCUT2D eigenvalue weighted by atomic mass is 35.5. The van der Waals surface area contributed by atoms with Gasteiger partial charge in [-0.25, -0.2) is 4.39 Å². The molecule has 0 saturated heterocycles. The first-order chi connectivity index (χ1) is 8.15. The molecule has 0 saturated carbocycles. The Labute approximate surface area is 109 Å². The summed E-state index contributed by atoms with van der Waals surface area (Å²) in [6.07, 6.45) is 0. The molecule has 1 heterocycles. The number of hydrogen-bond acceptors (Lipinski definition) is 2. The van der Waals surface area contributed by atoms with E-state index < -0.39 is 0 Å². The Kier molecular flexibility index (Phi) is 4.15. The number of thiophene rings is 1. The van der Waals surface area contributed by atoms with E-state index in [1.54, 1.807) is 23.5 Å². The molecule has 0 spiro atoms. The van der Waals surface area contributed by atoms with Crippen LogP contribution in [0.1, 0.15) is 23.4 Å². The van der Waals surface area contributed by atoms with E-state index >= 15 is 0 Å². The smallest absolute Gasteiger partial charge is 0.123 e. The molecule has 4 heteroatoms. The van der Waals surface area contributed by atoms with Crippen molar-refractivity contribution < 1.29 is 4.39 Å². The van der Waals surface area contributed by atoms with Gasteiger partial charge in [-0.2, -0.15) is 0 Å². The highest BCUT2D eigenvalue weighted by Crippen LogP contribution is 2.22. The summed E-state index contributed by atoms with van der Waals surface area (Å²) in [6.45, 7) is 2.83. The van der Waals surface area contributed by atoms with Crippen LogP contribution in [0.2, 0.25) is 4.34 Å². The molecule has 2 rings (SSSR count). The zero-order chi connectivity index (χ0) is 12.3. The van der Waals surface area contributed by atoms with Crippen LogP contribution in [-0.4, -0.2) is 0 Å². The highest BCUT2D eigenvalue weighted by Gasteiger charge is 2.05. The number of nitrogens with one attached hydrogen (secondary N) is 1. The van der Waals surface area contributed by atoms with Gasteiger partial charge in [-0.05, 0) is 36.8 Å². The van der Waals surface area contributed by atoms with Crippen LogP contribution in [0.5, 0.6) is 0 Å². The molecule has 0 aliphatic rings. The van der Waals surface area contributed by atoms with Crippen molar-refractivity contribution in [2.24, 2.45) is 0 Å². The predicted molar refractivity (Wildman–Crippen MR) is 71.0 cm³/mol. The van der Waals surface area contributed by atoms with E-state index in [9.17, 15) is 4.39 Å². The highest BCUT2D eigenvalue weighted by molar-refractivity contribution is 7.16. The molecular weight excluding hydrogens is 257 g/mol. The number of benzene rings is 1. The summed E-state index contributed by atoms with van der Waals surface area (Å²) in [6, 6.07) is 10.7. The van der Waals surface area contributed by atoms with Crippen molar-refractivity contribution in [3.8, 4) is 0 Å². The molecule has 0 fully saturated rings. The Morgan fingerprint density at radius 1 is 1.24 bits per heavy atom. The van der Waals surface area contributed by atoms with Gasteiger partial charge in [-0.1, -0.05) is 23.7 Å². The van der Waals surface area contributed by atoms with Crippen molar-refractivity contribution in [3.05, 3.63) is 57.0 Å². The molecule has 0 aliphatic carbocycles. The summed E-state index contributed by atoms with van der Waals surface area (Å²) in [5.41, 5.74) is 1.08. The lowest BCUT2D eigenvalue weighted by molar-refractivity contribution is 0.575. The maximum atomic E-state index is 12.8. The minimum absolute atomic E-state index is 0.191. The first kappa shape index (κ1) is 12.6. The fourth-order valence-corrected chi connectivity index (χ4v) is 2.61. The third kappa shape index (κ3) is 3.53. The lowest BCUT2D eigenvalue weighted by Gasteiger charge is -2.13.